The third kappa shape index (κ3) is 3.91. The fourth-order valence-corrected chi connectivity index (χ4v) is 2.45. The minimum Gasteiger partial charge on any atom is -0.497 e. The van der Waals surface area contributed by atoms with Gasteiger partial charge in [0.15, 0.2) is 0 Å². The second-order valence-electron chi connectivity index (χ2n) is 3.98. The molecule has 2 aromatic rings. The summed E-state index contributed by atoms with van der Waals surface area (Å²) >= 11 is 6.99. The highest BCUT2D eigenvalue weighted by Gasteiger charge is 2.10. The summed E-state index contributed by atoms with van der Waals surface area (Å²) in [5.74, 6) is 1.08. The Bertz CT molecular complexity index is 571. The molecule has 0 bridgehead atoms. The molecule has 0 fully saturated rings. The molecule has 0 radical (unpaired) electrons. The summed E-state index contributed by atoms with van der Waals surface area (Å²) in [6, 6.07) is 6.87. The lowest BCUT2D eigenvalue weighted by atomic mass is 10.2. The highest BCUT2D eigenvalue weighted by atomic mass is 35.5. The molecule has 0 atom stereocenters. The van der Waals surface area contributed by atoms with Crippen LogP contribution in [0.4, 0.5) is 5.13 Å². The Labute approximate surface area is 125 Å². The number of alkyl halides is 1. The van der Waals surface area contributed by atoms with Crippen LogP contribution in [0.15, 0.2) is 24.3 Å². The van der Waals surface area contributed by atoms with Gasteiger partial charge in [-0.15, -0.1) is 21.8 Å². The Morgan fingerprint density at radius 1 is 1.35 bits per heavy atom. The quantitative estimate of drug-likeness (QED) is 0.833. The number of amides is 1. The number of carbonyl (C=O) groups is 1. The molecule has 0 spiro atoms. The lowest BCUT2D eigenvalue weighted by Crippen LogP contribution is -2.11. The van der Waals surface area contributed by atoms with Crippen molar-refractivity contribution in [2.45, 2.75) is 12.8 Å². The molecule has 1 aromatic heterocycles. The van der Waals surface area contributed by atoms with Gasteiger partial charge in [0.25, 0.3) is 5.91 Å². The average Bonchev–Trinajstić information content (AvgIpc) is 2.92. The number of aryl methyl sites for hydroxylation is 1. The van der Waals surface area contributed by atoms with Gasteiger partial charge >= 0.3 is 0 Å². The third-order valence-electron chi connectivity index (χ3n) is 2.56. The number of nitrogens with zero attached hydrogens (tertiary/aromatic N) is 2. The van der Waals surface area contributed by atoms with E-state index in [4.69, 9.17) is 16.3 Å². The maximum absolute atomic E-state index is 12.0. The number of ether oxygens (including phenoxy) is 1. The van der Waals surface area contributed by atoms with Crippen molar-refractivity contribution in [2.24, 2.45) is 0 Å². The van der Waals surface area contributed by atoms with E-state index in [1.165, 1.54) is 11.3 Å². The number of benzene rings is 1. The molecular formula is C13H14ClN3O2S. The minimum atomic E-state index is -0.215. The lowest BCUT2D eigenvalue weighted by Gasteiger charge is -2.02. The van der Waals surface area contributed by atoms with Gasteiger partial charge in [0.05, 0.1) is 7.11 Å². The third-order valence-corrected chi connectivity index (χ3v) is 3.73. The molecule has 1 heterocycles. The summed E-state index contributed by atoms with van der Waals surface area (Å²) in [4.78, 5) is 12.0. The summed E-state index contributed by atoms with van der Waals surface area (Å²) in [6.45, 7) is 0. The van der Waals surface area contributed by atoms with E-state index in [9.17, 15) is 4.79 Å². The maximum Gasteiger partial charge on any atom is 0.257 e. The van der Waals surface area contributed by atoms with Crippen LogP contribution in [-0.2, 0) is 6.42 Å². The molecule has 1 aromatic carbocycles. The standard InChI is InChI=1S/C13H14ClN3O2S/c1-19-10-6-4-9(5-7-10)12(18)15-13-17-16-11(20-13)3-2-8-14/h4-7H,2-3,8H2,1H3,(H,15,17,18). The van der Waals surface area contributed by atoms with Gasteiger partial charge in [0.2, 0.25) is 5.13 Å². The van der Waals surface area contributed by atoms with Crippen molar-refractivity contribution < 1.29 is 9.53 Å². The average molecular weight is 312 g/mol. The zero-order chi connectivity index (χ0) is 14.4. The predicted molar refractivity (Wildman–Crippen MR) is 79.9 cm³/mol. The number of rotatable bonds is 6. The van der Waals surface area contributed by atoms with Crippen molar-refractivity contribution in [1.82, 2.24) is 10.2 Å². The second kappa shape index (κ2) is 7.21. The zero-order valence-corrected chi connectivity index (χ0v) is 12.5. The molecule has 1 amide bonds. The van der Waals surface area contributed by atoms with Gasteiger partial charge in [-0.1, -0.05) is 11.3 Å². The number of halogens is 1. The summed E-state index contributed by atoms with van der Waals surface area (Å²) in [5.41, 5.74) is 0.545. The molecule has 0 aliphatic rings. The normalized spacial score (nSPS) is 10.3. The summed E-state index contributed by atoms with van der Waals surface area (Å²) in [7, 11) is 1.58. The van der Waals surface area contributed by atoms with E-state index in [1.807, 2.05) is 0 Å². The molecular weight excluding hydrogens is 298 g/mol. The number of carbonyl (C=O) groups excluding carboxylic acids is 1. The maximum atomic E-state index is 12.0. The van der Waals surface area contributed by atoms with E-state index >= 15 is 0 Å². The fourth-order valence-electron chi connectivity index (χ4n) is 1.53. The van der Waals surface area contributed by atoms with E-state index in [0.717, 1.165) is 17.8 Å². The lowest BCUT2D eigenvalue weighted by molar-refractivity contribution is 0.102. The monoisotopic (exact) mass is 311 g/mol. The van der Waals surface area contributed by atoms with Crippen molar-refractivity contribution in [3.63, 3.8) is 0 Å². The molecule has 0 unspecified atom stereocenters. The first-order chi connectivity index (χ1) is 9.72. The number of nitrogens with one attached hydrogen (secondary N) is 1. The van der Waals surface area contributed by atoms with E-state index in [0.29, 0.717) is 22.3 Å². The van der Waals surface area contributed by atoms with Crippen LogP contribution < -0.4 is 10.1 Å². The van der Waals surface area contributed by atoms with Crippen LogP contribution in [0.25, 0.3) is 0 Å². The van der Waals surface area contributed by atoms with Crippen LogP contribution in [-0.4, -0.2) is 29.1 Å². The highest BCUT2D eigenvalue weighted by Crippen LogP contribution is 2.18. The van der Waals surface area contributed by atoms with Gasteiger partial charge in [-0.25, -0.2) is 0 Å². The van der Waals surface area contributed by atoms with Gasteiger partial charge in [-0.3, -0.25) is 10.1 Å². The smallest absolute Gasteiger partial charge is 0.257 e. The Kier molecular flexibility index (Phi) is 5.31. The topological polar surface area (TPSA) is 64.1 Å². The van der Waals surface area contributed by atoms with Gasteiger partial charge in [0.1, 0.15) is 10.8 Å². The molecule has 7 heteroatoms. The van der Waals surface area contributed by atoms with E-state index in [1.54, 1.807) is 31.4 Å². The van der Waals surface area contributed by atoms with Crippen molar-refractivity contribution in [3.8, 4) is 5.75 Å². The van der Waals surface area contributed by atoms with E-state index < -0.39 is 0 Å². The van der Waals surface area contributed by atoms with Crippen LogP contribution in [0.1, 0.15) is 21.8 Å². The molecule has 5 nitrogen and oxygen atoms in total. The number of aromatic nitrogens is 2. The largest absolute Gasteiger partial charge is 0.497 e. The van der Waals surface area contributed by atoms with E-state index in [2.05, 4.69) is 15.5 Å². The van der Waals surface area contributed by atoms with E-state index in [-0.39, 0.29) is 5.91 Å². The first kappa shape index (κ1) is 14.7. The minimum absolute atomic E-state index is 0.215. The molecule has 2 rings (SSSR count). The predicted octanol–water partition coefficient (Wildman–Crippen LogP) is 2.97. The van der Waals surface area contributed by atoms with Crippen molar-refractivity contribution in [3.05, 3.63) is 34.8 Å². The highest BCUT2D eigenvalue weighted by molar-refractivity contribution is 7.15. The zero-order valence-electron chi connectivity index (χ0n) is 10.9. The fraction of sp³-hybridized carbons (Fsp3) is 0.308. The van der Waals surface area contributed by atoms with Crippen molar-refractivity contribution >= 4 is 34.0 Å². The van der Waals surface area contributed by atoms with Gasteiger partial charge in [-0.2, -0.15) is 0 Å². The van der Waals surface area contributed by atoms with Crippen LogP contribution >= 0.6 is 22.9 Å². The first-order valence-corrected chi connectivity index (χ1v) is 7.42. The second-order valence-corrected chi connectivity index (χ2v) is 5.42. The Morgan fingerprint density at radius 3 is 2.75 bits per heavy atom. The van der Waals surface area contributed by atoms with Gasteiger partial charge in [-0.05, 0) is 30.7 Å². The van der Waals surface area contributed by atoms with Crippen molar-refractivity contribution in [2.75, 3.05) is 18.3 Å². The Hall–Kier alpha value is -1.66. The SMILES string of the molecule is COc1ccc(C(=O)Nc2nnc(CCCCl)s2)cc1. The summed E-state index contributed by atoms with van der Waals surface area (Å²) < 4.78 is 5.05. The molecule has 1 N–H and O–H groups in total. The molecule has 0 aliphatic heterocycles. The molecule has 106 valence electrons. The molecule has 20 heavy (non-hydrogen) atoms. The van der Waals surface area contributed by atoms with Gasteiger partial charge < -0.3 is 4.74 Å². The summed E-state index contributed by atoms with van der Waals surface area (Å²) in [6.07, 6.45) is 1.63. The Morgan fingerprint density at radius 2 is 2.10 bits per heavy atom. The molecule has 0 saturated heterocycles. The number of methoxy groups -OCH3 is 1. The number of hydrogen-bond donors (Lipinski definition) is 1. The number of anilines is 1. The van der Waals surface area contributed by atoms with Crippen LogP contribution in [0.5, 0.6) is 5.75 Å². The first-order valence-electron chi connectivity index (χ1n) is 6.06. The van der Waals surface area contributed by atoms with Crippen LogP contribution in [0, 0.1) is 0 Å². The van der Waals surface area contributed by atoms with Crippen LogP contribution in [0.3, 0.4) is 0 Å². The molecule has 0 aliphatic carbocycles. The summed E-state index contributed by atoms with van der Waals surface area (Å²) in [5, 5.41) is 12.0. The molecule has 0 saturated carbocycles. The van der Waals surface area contributed by atoms with Crippen LogP contribution in [0.2, 0.25) is 0 Å². The van der Waals surface area contributed by atoms with Crippen molar-refractivity contribution in [1.29, 1.82) is 0 Å². The number of hydrogen-bond acceptors (Lipinski definition) is 5. The Balaban J connectivity index is 1.97. The van der Waals surface area contributed by atoms with Gasteiger partial charge in [0, 0.05) is 17.9 Å².